The number of nitrogens with zero attached hydrogens (tertiary/aromatic N) is 1. The van der Waals surface area contributed by atoms with Gasteiger partial charge < -0.3 is 20.3 Å². The van der Waals surface area contributed by atoms with Crippen LogP contribution < -0.4 is 15.4 Å². The molecule has 4 rings (SSSR count). The lowest BCUT2D eigenvalue weighted by atomic mass is 9.97. The average Bonchev–Trinajstić information content (AvgIpc) is 3.27. The van der Waals surface area contributed by atoms with Crippen molar-refractivity contribution in [2.24, 2.45) is 5.92 Å². The molecule has 1 saturated heterocycles. The number of nitrogens with one attached hydrogen (secondary N) is 2. The molecule has 0 spiro atoms. The maximum atomic E-state index is 12.5. The van der Waals surface area contributed by atoms with Gasteiger partial charge in [-0.25, -0.2) is 4.79 Å². The van der Waals surface area contributed by atoms with Crippen LogP contribution in [-0.2, 0) is 6.42 Å². The molecule has 148 valence electrons. The van der Waals surface area contributed by atoms with Crippen LogP contribution in [0.3, 0.4) is 0 Å². The highest BCUT2D eigenvalue weighted by molar-refractivity contribution is 7.08. The van der Waals surface area contributed by atoms with Crippen molar-refractivity contribution in [3.63, 3.8) is 0 Å². The first-order chi connectivity index (χ1) is 13.7. The summed E-state index contributed by atoms with van der Waals surface area (Å²) in [6.07, 6.45) is 2.49. The lowest BCUT2D eigenvalue weighted by molar-refractivity contribution is 0.0918. The Labute approximate surface area is 168 Å². The van der Waals surface area contributed by atoms with E-state index in [-0.39, 0.29) is 18.0 Å². The summed E-state index contributed by atoms with van der Waals surface area (Å²) in [6, 6.07) is 10.00. The molecular formula is C21H25N3O3S. The summed E-state index contributed by atoms with van der Waals surface area (Å²) in [4.78, 5) is 26.5. The van der Waals surface area contributed by atoms with Gasteiger partial charge in [-0.1, -0.05) is 18.2 Å². The van der Waals surface area contributed by atoms with Gasteiger partial charge in [0.25, 0.3) is 5.91 Å². The van der Waals surface area contributed by atoms with Gasteiger partial charge in [-0.3, -0.25) is 4.79 Å². The highest BCUT2D eigenvalue weighted by Crippen LogP contribution is 2.26. The summed E-state index contributed by atoms with van der Waals surface area (Å²) >= 11 is 1.52. The van der Waals surface area contributed by atoms with E-state index >= 15 is 0 Å². The first-order valence-corrected chi connectivity index (χ1v) is 10.7. The number of thiophene rings is 1. The number of carbonyl (C=O) groups excluding carboxylic acids is 2. The Balaban J connectivity index is 1.19. The molecule has 2 aromatic rings. The number of benzene rings is 1. The third kappa shape index (κ3) is 4.47. The zero-order valence-corrected chi connectivity index (χ0v) is 16.5. The number of para-hydroxylation sites is 1. The summed E-state index contributed by atoms with van der Waals surface area (Å²) in [7, 11) is 0. The molecule has 1 fully saturated rings. The van der Waals surface area contributed by atoms with E-state index in [1.807, 2.05) is 39.9 Å². The third-order valence-electron chi connectivity index (χ3n) is 5.40. The van der Waals surface area contributed by atoms with Crippen molar-refractivity contribution in [1.29, 1.82) is 0 Å². The number of urea groups is 1. The second-order valence-electron chi connectivity index (χ2n) is 7.42. The number of likely N-dealkylation sites (tertiary alicyclic amines) is 1. The maximum absolute atomic E-state index is 12.5. The van der Waals surface area contributed by atoms with E-state index in [9.17, 15) is 9.59 Å². The molecule has 0 bridgehead atoms. The Kier molecular flexibility index (Phi) is 5.81. The van der Waals surface area contributed by atoms with Crippen LogP contribution in [0.25, 0.3) is 0 Å². The van der Waals surface area contributed by atoms with Crippen molar-refractivity contribution >= 4 is 23.3 Å². The molecule has 1 aromatic carbocycles. The molecule has 0 radical (unpaired) electrons. The molecule has 7 heteroatoms. The minimum atomic E-state index is -0.0264. The van der Waals surface area contributed by atoms with Crippen molar-refractivity contribution in [2.75, 3.05) is 26.2 Å². The van der Waals surface area contributed by atoms with Gasteiger partial charge in [0.1, 0.15) is 5.75 Å². The Morgan fingerprint density at radius 2 is 2.00 bits per heavy atom. The quantitative estimate of drug-likeness (QED) is 0.831. The SMILES string of the molecule is O=C(NC1CCN(C(=O)NC[C@@H]2COc3ccccc3C2)CC1)c1ccsc1. The van der Waals surface area contributed by atoms with Crippen LogP contribution in [0.1, 0.15) is 28.8 Å². The molecule has 1 aromatic heterocycles. The summed E-state index contributed by atoms with van der Waals surface area (Å²) in [6.45, 7) is 2.56. The molecular weight excluding hydrogens is 374 g/mol. The fourth-order valence-electron chi connectivity index (χ4n) is 3.75. The molecule has 6 nitrogen and oxygen atoms in total. The number of carbonyl (C=O) groups is 2. The minimum absolute atomic E-state index is 0.0262. The molecule has 2 aliphatic rings. The number of rotatable bonds is 4. The number of piperidine rings is 1. The van der Waals surface area contributed by atoms with Crippen LogP contribution in [0.15, 0.2) is 41.1 Å². The normalized spacial score (nSPS) is 19.4. The average molecular weight is 400 g/mol. The predicted molar refractivity (Wildman–Crippen MR) is 109 cm³/mol. The first-order valence-electron chi connectivity index (χ1n) is 9.75. The van der Waals surface area contributed by atoms with Crippen LogP contribution in [0.5, 0.6) is 5.75 Å². The van der Waals surface area contributed by atoms with E-state index in [4.69, 9.17) is 4.74 Å². The van der Waals surface area contributed by atoms with E-state index in [2.05, 4.69) is 16.7 Å². The van der Waals surface area contributed by atoms with Gasteiger partial charge in [0.05, 0.1) is 6.61 Å². The standard InChI is InChI=1S/C21H25N3O3S/c25-20(17-7-10-28-14-17)23-18-5-8-24(9-6-18)21(26)22-12-15-11-16-3-1-2-4-19(16)27-13-15/h1-4,7,10,14-15,18H,5-6,8-9,11-13H2,(H,22,26)(H,23,25)/t15-/m1/s1. The predicted octanol–water partition coefficient (Wildman–Crippen LogP) is 2.90. The van der Waals surface area contributed by atoms with Crippen molar-refractivity contribution in [3.8, 4) is 5.75 Å². The smallest absolute Gasteiger partial charge is 0.317 e. The van der Waals surface area contributed by atoms with Crippen LogP contribution in [0, 0.1) is 5.92 Å². The largest absolute Gasteiger partial charge is 0.493 e. The van der Waals surface area contributed by atoms with E-state index < -0.39 is 0 Å². The van der Waals surface area contributed by atoms with E-state index in [1.54, 1.807) is 0 Å². The Morgan fingerprint density at radius 3 is 2.79 bits per heavy atom. The topological polar surface area (TPSA) is 70.7 Å². The molecule has 2 aliphatic heterocycles. The van der Waals surface area contributed by atoms with Crippen molar-refractivity contribution in [1.82, 2.24) is 15.5 Å². The van der Waals surface area contributed by atoms with Gasteiger partial charge in [-0.05, 0) is 42.3 Å². The lowest BCUT2D eigenvalue weighted by Crippen LogP contribution is -2.50. The number of hydrogen-bond donors (Lipinski definition) is 2. The van der Waals surface area contributed by atoms with Gasteiger partial charge in [0.2, 0.25) is 0 Å². The number of ether oxygens (including phenoxy) is 1. The third-order valence-corrected chi connectivity index (χ3v) is 6.08. The van der Waals surface area contributed by atoms with Crippen molar-refractivity contribution in [3.05, 3.63) is 52.2 Å². The van der Waals surface area contributed by atoms with Crippen molar-refractivity contribution in [2.45, 2.75) is 25.3 Å². The van der Waals surface area contributed by atoms with Crippen LogP contribution in [0.2, 0.25) is 0 Å². The maximum Gasteiger partial charge on any atom is 0.317 e. The Bertz CT molecular complexity index is 816. The van der Waals surface area contributed by atoms with E-state index in [0.29, 0.717) is 37.7 Å². The zero-order chi connectivity index (χ0) is 19.3. The summed E-state index contributed by atoms with van der Waals surface area (Å²) in [5.74, 6) is 1.22. The molecule has 3 heterocycles. The zero-order valence-electron chi connectivity index (χ0n) is 15.7. The Hall–Kier alpha value is -2.54. The molecule has 3 amide bonds. The minimum Gasteiger partial charge on any atom is -0.493 e. The second-order valence-corrected chi connectivity index (χ2v) is 8.20. The fourth-order valence-corrected chi connectivity index (χ4v) is 4.39. The van der Waals surface area contributed by atoms with E-state index in [1.165, 1.54) is 16.9 Å². The number of fused-ring (bicyclic) bond motifs is 1. The van der Waals surface area contributed by atoms with Crippen LogP contribution in [0.4, 0.5) is 4.79 Å². The number of amides is 3. The highest BCUT2D eigenvalue weighted by atomic mass is 32.1. The highest BCUT2D eigenvalue weighted by Gasteiger charge is 2.25. The molecule has 0 aliphatic carbocycles. The lowest BCUT2D eigenvalue weighted by Gasteiger charge is -2.33. The summed E-state index contributed by atoms with van der Waals surface area (Å²) < 4.78 is 5.79. The van der Waals surface area contributed by atoms with Gasteiger partial charge >= 0.3 is 6.03 Å². The summed E-state index contributed by atoms with van der Waals surface area (Å²) in [5.41, 5.74) is 1.91. The van der Waals surface area contributed by atoms with Crippen LogP contribution >= 0.6 is 11.3 Å². The fraction of sp³-hybridized carbons (Fsp3) is 0.429. The van der Waals surface area contributed by atoms with Gasteiger partial charge in [-0.15, -0.1) is 0 Å². The molecule has 2 N–H and O–H groups in total. The first kappa shape index (κ1) is 18.8. The monoisotopic (exact) mass is 399 g/mol. The second kappa shape index (κ2) is 8.65. The molecule has 0 unspecified atom stereocenters. The molecule has 1 atom stereocenters. The molecule has 28 heavy (non-hydrogen) atoms. The van der Waals surface area contributed by atoms with Crippen molar-refractivity contribution < 1.29 is 14.3 Å². The molecule has 0 saturated carbocycles. The summed E-state index contributed by atoms with van der Waals surface area (Å²) in [5, 5.41) is 9.87. The van der Waals surface area contributed by atoms with Gasteiger partial charge in [0.15, 0.2) is 0 Å². The van der Waals surface area contributed by atoms with Crippen LogP contribution in [-0.4, -0.2) is 49.1 Å². The number of hydrogen-bond acceptors (Lipinski definition) is 4. The van der Waals surface area contributed by atoms with Gasteiger partial charge in [-0.2, -0.15) is 11.3 Å². The van der Waals surface area contributed by atoms with Gasteiger partial charge in [0, 0.05) is 42.5 Å². The Morgan fingerprint density at radius 1 is 1.18 bits per heavy atom. The van der Waals surface area contributed by atoms with E-state index in [0.717, 1.165) is 25.0 Å².